The lowest BCUT2D eigenvalue weighted by Gasteiger charge is -2.08. The average Bonchev–Trinajstić information content (AvgIpc) is 2.72. The lowest BCUT2D eigenvalue weighted by molar-refractivity contribution is 0.525. The number of nitrogens with zero attached hydrogens (tertiary/aromatic N) is 1. The van der Waals surface area contributed by atoms with Gasteiger partial charge in [0, 0.05) is 18.3 Å². The molecule has 0 saturated carbocycles. The van der Waals surface area contributed by atoms with Crippen molar-refractivity contribution in [2.24, 2.45) is 5.92 Å². The summed E-state index contributed by atoms with van der Waals surface area (Å²) in [5, 5.41) is 4.82. The molecule has 1 aromatic carbocycles. The Kier molecular flexibility index (Phi) is 4.21. The van der Waals surface area contributed by atoms with Gasteiger partial charge in [-0.25, -0.2) is 0 Å². The van der Waals surface area contributed by atoms with E-state index in [0.717, 1.165) is 25.6 Å². The van der Waals surface area contributed by atoms with Crippen LogP contribution in [0, 0.1) is 5.92 Å². The summed E-state index contributed by atoms with van der Waals surface area (Å²) in [7, 11) is 0. The van der Waals surface area contributed by atoms with Crippen molar-refractivity contribution >= 4 is 10.9 Å². The summed E-state index contributed by atoms with van der Waals surface area (Å²) in [5.74, 6) is 0.738. The molecule has 2 heteroatoms. The van der Waals surface area contributed by atoms with E-state index in [1.165, 1.54) is 17.3 Å². The van der Waals surface area contributed by atoms with E-state index < -0.39 is 0 Å². The smallest absolute Gasteiger partial charge is 0.0480 e. The molecule has 2 nitrogen and oxygen atoms in total. The van der Waals surface area contributed by atoms with E-state index in [0.29, 0.717) is 0 Å². The molecule has 2 rings (SSSR count). The van der Waals surface area contributed by atoms with Gasteiger partial charge in [0.2, 0.25) is 0 Å². The van der Waals surface area contributed by atoms with Crippen LogP contribution in [-0.4, -0.2) is 17.7 Å². The molecule has 0 radical (unpaired) electrons. The van der Waals surface area contributed by atoms with Gasteiger partial charge in [-0.1, -0.05) is 32.0 Å². The molecule has 0 bridgehead atoms. The molecule has 0 aliphatic carbocycles. The Morgan fingerprint density at radius 2 is 2.00 bits per heavy atom. The van der Waals surface area contributed by atoms with Gasteiger partial charge in [0.05, 0.1) is 0 Å². The standard InChI is InChI=1S/C15H22N2/c1-13(2)12-16-9-5-10-17-11-8-14-6-3-4-7-15(14)17/h3-4,6-8,11,13,16H,5,9-10,12H2,1-2H3. The van der Waals surface area contributed by atoms with E-state index in [9.17, 15) is 0 Å². The van der Waals surface area contributed by atoms with Crippen LogP contribution in [0.5, 0.6) is 0 Å². The normalized spacial score (nSPS) is 11.5. The molecule has 1 N–H and O–H groups in total. The summed E-state index contributed by atoms with van der Waals surface area (Å²) in [4.78, 5) is 0. The van der Waals surface area contributed by atoms with Gasteiger partial charge in [0.15, 0.2) is 0 Å². The fraction of sp³-hybridized carbons (Fsp3) is 0.467. The molecule has 0 aliphatic heterocycles. The van der Waals surface area contributed by atoms with Crippen LogP contribution in [0.15, 0.2) is 36.5 Å². The average molecular weight is 230 g/mol. The van der Waals surface area contributed by atoms with E-state index in [1.807, 2.05) is 0 Å². The number of hydrogen-bond donors (Lipinski definition) is 1. The van der Waals surface area contributed by atoms with E-state index in [1.54, 1.807) is 0 Å². The molecule has 2 aromatic rings. The van der Waals surface area contributed by atoms with Crippen LogP contribution >= 0.6 is 0 Å². The Balaban J connectivity index is 1.83. The first-order valence-corrected chi connectivity index (χ1v) is 6.52. The third kappa shape index (κ3) is 3.34. The second-order valence-electron chi connectivity index (χ2n) is 5.02. The predicted octanol–water partition coefficient (Wildman–Crippen LogP) is 3.28. The Bertz CT molecular complexity index is 457. The van der Waals surface area contributed by atoms with E-state index in [2.05, 4.69) is 60.3 Å². The maximum Gasteiger partial charge on any atom is 0.0480 e. The largest absolute Gasteiger partial charge is 0.347 e. The molecule has 0 fully saturated rings. The van der Waals surface area contributed by atoms with Crippen LogP contribution in [-0.2, 0) is 6.54 Å². The van der Waals surface area contributed by atoms with Gasteiger partial charge in [-0.3, -0.25) is 0 Å². The molecule has 17 heavy (non-hydrogen) atoms. The van der Waals surface area contributed by atoms with Crippen LogP contribution in [0.2, 0.25) is 0 Å². The number of nitrogens with one attached hydrogen (secondary N) is 1. The van der Waals surface area contributed by atoms with Crippen molar-refractivity contribution < 1.29 is 0 Å². The Labute approximate surface area is 104 Å². The van der Waals surface area contributed by atoms with Crippen molar-refractivity contribution in [3.63, 3.8) is 0 Å². The van der Waals surface area contributed by atoms with Crippen molar-refractivity contribution in [2.45, 2.75) is 26.8 Å². The van der Waals surface area contributed by atoms with Crippen molar-refractivity contribution in [1.29, 1.82) is 0 Å². The highest BCUT2D eigenvalue weighted by atomic mass is 15.0. The zero-order valence-corrected chi connectivity index (χ0v) is 10.8. The van der Waals surface area contributed by atoms with Gasteiger partial charge in [0.1, 0.15) is 0 Å². The van der Waals surface area contributed by atoms with Gasteiger partial charge in [-0.15, -0.1) is 0 Å². The summed E-state index contributed by atoms with van der Waals surface area (Å²) in [6, 6.07) is 10.8. The molecular weight excluding hydrogens is 208 g/mol. The number of rotatable bonds is 6. The number of hydrogen-bond acceptors (Lipinski definition) is 1. The van der Waals surface area contributed by atoms with Crippen LogP contribution in [0.3, 0.4) is 0 Å². The molecule has 1 heterocycles. The lowest BCUT2D eigenvalue weighted by atomic mass is 10.2. The molecular formula is C15H22N2. The minimum Gasteiger partial charge on any atom is -0.347 e. The summed E-state index contributed by atoms with van der Waals surface area (Å²) in [6.07, 6.45) is 3.37. The Hall–Kier alpha value is -1.28. The maximum atomic E-state index is 3.48. The fourth-order valence-electron chi connectivity index (χ4n) is 2.10. The van der Waals surface area contributed by atoms with Gasteiger partial charge >= 0.3 is 0 Å². The van der Waals surface area contributed by atoms with Crippen molar-refractivity contribution in [3.05, 3.63) is 36.5 Å². The van der Waals surface area contributed by atoms with Crippen molar-refractivity contribution in [2.75, 3.05) is 13.1 Å². The molecule has 92 valence electrons. The first-order valence-electron chi connectivity index (χ1n) is 6.52. The first kappa shape index (κ1) is 12.2. The molecule has 0 unspecified atom stereocenters. The Morgan fingerprint density at radius 1 is 1.18 bits per heavy atom. The molecule has 0 atom stereocenters. The lowest BCUT2D eigenvalue weighted by Crippen LogP contribution is -2.21. The van der Waals surface area contributed by atoms with Crippen LogP contribution < -0.4 is 5.32 Å². The third-order valence-electron chi connectivity index (χ3n) is 2.99. The second kappa shape index (κ2) is 5.87. The second-order valence-corrected chi connectivity index (χ2v) is 5.02. The summed E-state index contributed by atoms with van der Waals surface area (Å²) in [6.45, 7) is 7.80. The summed E-state index contributed by atoms with van der Waals surface area (Å²) in [5.41, 5.74) is 1.34. The zero-order valence-electron chi connectivity index (χ0n) is 10.8. The third-order valence-corrected chi connectivity index (χ3v) is 2.99. The molecule has 0 saturated heterocycles. The summed E-state index contributed by atoms with van der Waals surface area (Å²) >= 11 is 0. The monoisotopic (exact) mass is 230 g/mol. The van der Waals surface area contributed by atoms with Crippen LogP contribution in [0.1, 0.15) is 20.3 Å². The maximum absolute atomic E-state index is 3.48. The van der Waals surface area contributed by atoms with Gasteiger partial charge in [-0.05, 0) is 42.9 Å². The highest BCUT2D eigenvalue weighted by Crippen LogP contribution is 2.15. The fourth-order valence-corrected chi connectivity index (χ4v) is 2.10. The van der Waals surface area contributed by atoms with Crippen molar-refractivity contribution in [3.8, 4) is 0 Å². The van der Waals surface area contributed by atoms with E-state index >= 15 is 0 Å². The summed E-state index contributed by atoms with van der Waals surface area (Å²) < 4.78 is 2.34. The van der Waals surface area contributed by atoms with Crippen LogP contribution in [0.25, 0.3) is 10.9 Å². The minimum atomic E-state index is 0.738. The van der Waals surface area contributed by atoms with Gasteiger partial charge < -0.3 is 9.88 Å². The topological polar surface area (TPSA) is 17.0 Å². The Morgan fingerprint density at radius 3 is 2.82 bits per heavy atom. The number of para-hydroxylation sites is 1. The number of aryl methyl sites for hydroxylation is 1. The number of fused-ring (bicyclic) bond motifs is 1. The first-order chi connectivity index (χ1) is 8.27. The van der Waals surface area contributed by atoms with E-state index in [-0.39, 0.29) is 0 Å². The van der Waals surface area contributed by atoms with E-state index in [4.69, 9.17) is 0 Å². The SMILES string of the molecule is CC(C)CNCCCn1ccc2ccccc21. The predicted molar refractivity (Wildman–Crippen MR) is 74.3 cm³/mol. The quantitative estimate of drug-likeness (QED) is 0.754. The molecule has 1 aromatic heterocycles. The van der Waals surface area contributed by atoms with Crippen LogP contribution in [0.4, 0.5) is 0 Å². The van der Waals surface area contributed by atoms with Crippen molar-refractivity contribution in [1.82, 2.24) is 9.88 Å². The highest BCUT2D eigenvalue weighted by Gasteiger charge is 1.99. The molecule has 0 amide bonds. The van der Waals surface area contributed by atoms with Gasteiger partial charge in [-0.2, -0.15) is 0 Å². The highest BCUT2D eigenvalue weighted by molar-refractivity contribution is 5.79. The molecule has 0 aliphatic rings. The number of aromatic nitrogens is 1. The molecule has 0 spiro atoms. The zero-order chi connectivity index (χ0) is 12.1. The number of benzene rings is 1. The minimum absolute atomic E-state index is 0.738. The van der Waals surface area contributed by atoms with Gasteiger partial charge in [0.25, 0.3) is 0 Å².